The van der Waals surface area contributed by atoms with Gasteiger partial charge in [0, 0.05) is 19.1 Å². The molecule has 0 aromatic heterocycles. The van der Waals surface area contributed by atoms with Gasteiger partial charge in [-0.3, -0.25) is 0 Å². The van der Waals surface area contributed by atoms with Crippen LogP contribution in [-0.4, -0.2) is 36.5 Å². The van der Waals surface area contributed by atoms with Crippen LogP contribution in [0.5, 0.6) is 0 Å². The fraction of sp³-hybridized carbons (Fsp3) is 0.538. The maximum atomic E-state index is 11.7. The van der Waals surface area contributed by atoms with Gasteiger partial charge in [-0.25, -0.2) is 9.59 Å². The van der Waals surface area contributed by atoms with Crippen molar-refractivity contribution in [2.75, 3.05) is 7.11 Å². The number of cyclic esters (lactones) is 2. The molecule has 2 aliphatic rings. The molecule has 0 radical (unpaired) electrons. The summed E-state index contributed by atoms with van der Waals surface area (Å²) in [5, 5.41) is 9.94. The van der Waals surface area contributed by atoms with Gasteiger partial charge in [-0.1, -0.05) is 42.4 Å². The molecule has 0 aromatic carbocycles. The average Bonchev–Trinajstić information content (AvgIpc) is 3.22. The van der Waals surface area contributed by atoms with Gasteiger partial charge in [0.15, 0.2) is 6.10 Å². The maximum Gasteiger partial charge on any atom is 0.338 e. The molecule has 0 aromatic rings. The Kier molecular flexibility index (Phi) is 9.97. The van der Waals surface area contributed by atoms with Crippen molar-refractivity contribution in [3.63, 3.8) is 0 Å². The Bertz CT molecular complexity index is 842. The maximum absolute atomic E-state index is 11.7. The van der Waals surface area contributed by atoms with Gasteiger partial charge >= 0.3 is 11.9 Å². The minimum atomic E-state index is -0.541. The van der Waals surface area contributed by atoms with E-state index >= 15 is 0 Å². The van der Waals surface area contributed by atoms with Crippen molar-refractivity contribution in [2.24, 2.45) is 5.92 Å². The summed E-state index contributed by atoms with van der Waals surface area (Å²) in [6, 6.07) is 0. The highest BCUT2D eigenvalue weighted by Gasteiger charge is 2.31. The standard InChI is InChI=1S/C26H36O6/c1-17(11-7-13-19(3)15-22-24(27)20(4)25(28)31-22)9-6-10-18(2)12-8-14-21-16-23(30-5)32-26(21)29/h6,9-10,13,16-17,22-23,27H,7-8,11-12,14-15H2,1-5H3/b9-6+,18-10+,19-13-/t17?,22-,23?/m0/s1. The van der Waals surface area contributed by atoms with Gasteiger partial charge in [0.25, 0.3) is 0 Å². The Morgan fingerprint density at radius 3 is 2.59 bits per heavy atom. The van der Waals surface area contributed by atoms with E-state index in [-0.39, 0.29) is 11.7 Å². The van der Waals surface area contributed by atoms with Gasteiger partial charge in [-0.15, -0.1) is 0 Å². The van der Waals surface area contributed by atoms with Crippen LogP contribution in [0, 0.1) is 5.92 Å². The van der Waals surface area contributed by atoms with Crippen LogP contribution in [0.1, 0.15) is 66.2 Å². The average molecular weight is 445 g/mol. The molecule has 32 heavy (non-hydrogen) atoms. The van der Waals surface area contributed by atoms with E-state index in [4.69, 9.17) is 14.2 Å². The summed E-state index contributed by atoms with van der Waals surface area (Å²) in [6.45, 7) is 7.87. The number of esters is 2. The molecule has 2 heterocycles. The second-order valence-electron chi connectivity index (χ2n) is 8.67. The van der Waals surface area contributed by atoms with Gasteiger partial charge in [0.05, 0.1) is 5.57 Å². The lowest BCUT2D eigenvalue weighted by molar-refractivity contribution is -0.155. The van der Waals surface area contributed by atoms with Gasteiger partial charge in [-0.2, -0.15) is 0 Å². The number of rotatable bonds is 12. The number of aliphatic hydroxyl groups excluding tert-OH is 1. The molecule has 0 bridgehead atoms. The van der Waals surface area contributed by atoms with Crippen LogP contribution in [0.4, 0.5) is 0 Å². The third kappa shape index (κ3) is 7.83. The van der Waals surface area contributed by atoms with E-state index in [0.29, 0.717) is 29.9 Å². The summed E-state index contributed by atoms with van der Waals surface area (Å²) in [7, 11) is 1.52. The first-order chi connectivity index (χ1) is 15.2. The number of hydrogen-bond acceptors (Lipinski definition) is 6. The smallest absolute Gasteiger partial charge is 0.338 e. The molecule has 0 spiro atoms. The Hall–Kier alpha value is -2.60. The molecule has 1 N–H and O–H groups in total. The van der Waals surface area contributed by atoms with Gasteiger partial charge in [0.2, 0.25) is 6.29 Å². The molecule has 6 heteroatoms. The lowest BCUT2D eigenvalue weighted by Crippen LogP contribution is -2.12. The minimum absolute atomic E-state index is 0.0558. The van der Waals surface area contributed by atoms with Crippen molar-refractivity contribution in [3.05, 3.63) is 58.4 Å². The van der Waals surface area contributed by atoms with E-state index in [2.05, 4.69) is 38.2 Å². The van der Waals surface area contributed by atoms with E-state index in [9.17, 15) is 14.7 Å². The topological polar surface area (TPSA) is 82.1 Å². The number of carbonyl (C=O) groups excluding carboxylic acids is 2. The quantitative estimate of drug-likeness (QED) is 0.239. The van der Waals surface area contributed by atoms with Crippen LogP contribution >= 0.6 is 0 Å². The highest BCUT2D eigenvalue weighted by atomic mass is 16.7. The van der Waals surface area contributed by atoms with Gasteiger partial charge in [0.1, 0.15) is 5.76 Å². The van der Waals surface area contributed by atoms with Gasteiger partial charge in [-0.05, 0) is 64.9 Å². The number of methoxy groups -OCH3 is 1. The van der Waals surface area contributed by atoms with E-state index < -0.39 is 18.4 Å². The molecular weight excluding hydrogens is 408 g/mol. The Labute approximate surface area is 191 Å². The highest BCUT2D eigenvalue weighted by Crippen LogP contribution is 2.25. The first-order valence-electron chi connectivity index (χ1n) is 11.3. The van der Waals surface area contributed by atoms with E-state index in [0.717, 1.165) is 31.3 Å². The summed E-state index contributed by atoms with van der Waals surface area (Å²) in [5.41, 5.74) is 3.38. The zero-order valence-electron chi connectivity index (χ0n) is 19.8. The Morgan fingerprint density at radius 2 is 1.97 bits per heavy atom. The third-order valence-electron chi connectivity index (χ3n) is 5.76. The molecular formula is C26H36O6. The van der Waals surface area contributed by atoms with Crippen LogP contribution < -0.4 is 0 Å². The SMILES string of the molecule is COC1C=C(CCC/C(C)=C/C=C/C(C)CC/C=C(/C)C[C@@H]2OC(=O)C(C)=C2O)C(=O)O1. The van der Waals surface area contributed by atoms with Crippen LogP contribution in [0.15, 0.2) is 58.4 Å². The molecule has 0 fully saturated rings. The second kappa shape index (κ2) is 12.4. The fourth-order valence-corrected chi connectivity index (χ4v) is 3.62. The molecule has 0 aliphatic carbocycles. The van der Waals surface area contributed by atoms with Crippen molar-refractivity contribution < 1.29 is 28.9 Å². The second-order valence-corrected chi connectivity index (χ2v) is 8.67. The first kappa shape index (κ1) is 25.7. The molecule has 0 saturated heterocycles. The van der Waals surface area contributed by atoms with E-state index in [1.165, 1.54) is 12.7 Å². The Morgan fingerprint density at radius 1 is 1.22 bits per heavy atom. The third-order valence-corrected chi connectivity index (χ3v) is 5.76. The molecule has 0 amide bonds. The minimum Gasteiger partial charge on any atom is -0.508 e. The van der Waals surface area contributed by atoms with E-state index in [1.807, 2.05) is 6.92 Å². The lowest BCUT2D eigenvalue weighted by atomic mass is 10.0. The zero-order chi connectivity index (χ0) is 23.7. The fourth-order valence-electron chi connectivity index (χ4n) is 3.62. The highest BCUT2D eigenvalue weighted by molar-refractivity contribution is 5.91. The van der Waals surface area contributed by atoms with Crippen molar-refractivity contribution in [3.8, 4) is 0 Å². The molecule has 0 saturated carbocycles. The van der Waals surface area contributed by atoms with E-state index in [1.54, 1.807) is 13.0 Å². The Balaban J connectivity index is 1.66. The molecule has 176 valence electrons. The molecule has 6 nitrogen and oxygen atoms in total. The van der Waals surface area contributed by atoms with Crippen molar-refractivity contribution in [1.82, 2.24) is 0 Å². The van der Waals surface area contributed by atoms with Crippen molar-refractivity contribution >= 4 is 11.9 Å². The predicted octanol–water partition coefficient (Wildman–Crippen LogP) is 5.63. The van der Waals surface area contributed by atoms with Crippen molar-refractivity contribution in [2.45, 2.75) is 78.6 Å². The van der Waals surface area contributed by atoms with Crippen LogP contribution in [0.2, 0.25) is 0 Å². The van der Waals surface area contributed by atoms with Crippen molar-refractivity contribution in [1.29, 1.82) is 0 Å². The molecule has 3 atom stereocenters. The molecule has 2 unspecified atom stereocenters. The number of hydrogen-bond donors (Lipinski definition) is 1. The monoisotopic (exact) mass is 444 g/mol. The number of ether oxygens (including phenoxy) is 3. The predicted molar refractivity (Wildman–Crippen MR) is 124 cm³/mol. The summed E-state index contributed by atoms with van der Waals surface area (Å²) in [6.07, 6.45) is 14.2. The largest absolute Gasteiger partial charge is 0.508 e. The molecule has 2 rings (SSSR count). The first-order valence-corrected chi connectivity index (χ1v) is 11.3. The van der Waals surface area contributed by atoms with Gasteiger partial charge < -0.3 is 19.3 Å². The summed E-state index contributed by atoms with van der Waals surface area (Å²) < 4.78 is 15.3. The van der Waals surface area contributed by atoms with Crippen LogP contribution in [0.25, 0.3) is 0 Å². The van der Waals surface area contributed by atoms with Crippen LogP contribution in [0.3, 0.4) is 0 Å². The number of carbonyl (C=O) groups is 2. The number of allylic oxidation sites excluding steroid dienone is 5. The summed E-state index contributed by atoms with van der Waals surface area (Å²) in [5.74, 6) is -0.211. The molecule has 2 aliphatic heterocycles. The zero-order valence-corrected chi connectivity index (χ0v) is 19.8. The number of aliphatic hydroxyl groups is 1. The van der Waals surface area contributed by atoms with Crippen LogP contribution in [-0.2, 0) is 23.8 Å². The summed E-state index contributed by atoms with van der Waals surface area (Å²) in [4.78, 5) is 23.2. The lowest BCUT2D eigenvalue weighted by Gasteiger charge is -2.11. The summed E-state index contributed by atoms with van der Waals surface area (Å²) >= 11 is 0. The normalized spacial score (nSPS) is 23.1.